The first-order valence-corrected chi connectivity index (χ1v) is 12.1. The third kappa shape index (κ3) is 3.91. The summed E-state index contributed by atoms with van der Waals surface area (Å²) in [4.78, 5) is 44.1. The zero-order valence-electron chi connectivity index (χ0n) is 20.1. The lowest BCUT2D eigenvalue weighted by Crippen LogP contribution is -2.58. The number of esters is 1. The Labute approximate surface area is 196 Å². The van der Waals surface area contributed by atoms with Crippen LogP contribution in [0.4, 0.5) is 0 Å². The van der Waals surface area contributed by atoms with E-state index in [1.165, 1.54) is 11.0 Å². The molecule has 3 aliphatic heterocycles. The third-order valence-electron chi connectivity index (χ3n) is 7.70. The zero-order chi connectivity index (χ0) is 24.4. The molecule has 0 aromatic carbocycles. The lowest BCUT2D eigenvalue weighted by Gasteiger charge is -2.38. The summed E-state index contributed by atoms with van der Waals surface area (Å²) in [6, 6.07) is -0.943. The fraction of sp³-hybridized carbons (Fsp3) is 0.720. The van der Waals surface area contributed by atoms with E-state index in [1.54, 1.807) is 11.0 Å². The van der Waals surface area contributed by atoms with Crippen LogP contribution in [0.3, 0.4) is 0 Å². The molecule has 2 bridgehead atoms. The number of fused-ring (bicyclic) bond motifs is 1. The van der Waals surface area contributed by atoms with Gasteiger partial charge in [-0.15, -0.1) is 6.58 Å². The number of carbonyl (C=O) groups is 3. The van der Waals surface area contributed by atoms with Crippen molar-refractivity contribution in [3.8, 4) is 0 Å². The molecule has 0 aromatic rings. The number of rotatable bonds is 12. The molecule has 1 spiro atoms. The van der Waals surface area contributed by atoms with Gasteiger partial charge in [0.15, 0.2) is 0 Å². The fourth-order valence-electron chi connectivity index (χ4n) is 6.29. The van der Waals surface area contributed by atoms with Crippen LogP contribution in [0.5, 0.6) is 0 Å². The van der Waals surface area contributed by atoms with Crippen molar-refractivity contribution in [1.82, 2.24) is 9.80 Å². The van der Waals surface area contributed by atoms with Crippen LogP contribution in [0.2, 0.25) is 0 Å². The maximum atomic E-state index is 14.0. The van der Waals surface area contributed by atoms with Gasteiger partial charge in [-0.25, -0.2) is 0 Å². The van der Waals surface area contributed by atoms with Gasteiger partial charge in [0.25, 0.3) is 0 Å². The van der Waals surface area contributed by atoms with Crippen molar-refractivity contribution in [2.75, 3.05) is 26.3 Å². The first-order chi connectivity index (χ1) is 15.8. The minimum absolute atomic E-state index is 0.00842. The molecule has 0 radical (unpaired) electrons. The molecule has 3 unspecified atom stereocenters. The summed E-state index contributed by atoms with van der Waals surface area (Å²) in [5.74, 6) is -2.62. The normalized spacial score (nSPS) is 33.0. The molecular weight excluding hydrogens is 424 g/mol. The van der Waals surface area contributed by atoms with Gasteiger partial charge in [-0.2, -0.15) is 0 Å². The maximum absolute atomic E-state index is 14.0. The van der Waals surface area contributed by atoms with Crippen LogP contribution < -0.4 is 0 Å². The Kier molecular flexibility index (Phi) is 7.69. The predicted molar refractivity (Wildman–Crippen MR) is 123 cm³/mol. The number of hydrogen-bond acceptors (Lipinski definition) is 6. The molecule has 3 rings (SSSR count). The Morgan fingerprint density at radius 3 is 2.64 bits per heavy atom. The Morgan fingerprint density at radius 1 is 1.33 bits per heavy atom. The van der Waals surface area contributed by atoms with Crippen LogP contribution in [-0.2, 0) is 23.9 Å². The highest BCUT2D eigenvalue weighted by atomic mass is 16.6. The molecule has 8 heteroatoms. The topological polar surface area (TPSA) is 96.4 Å². The average Bonchev–Trinajstić information content (AvgIpc) is 3.40. The molecule has 0 saturated carbocycles. The van der Waals surface area contributed by atoms with Gasteiger partial charge in [0.2, 0.25) is 11.8 Å². The Hall–Kier alpha value is -2.19. The number of ether oxygens (including phenoxy) is 2. The first kappa shape index (κ1) is 25.4. The SMILES string of the molecule is C=CCOC(=O)[C@@H]1[C@H]2C(=O)N(CCO)C(C(=O)N(CC=C)C(C)CCC)C23CC[C@@]1(CC)O3. The Bertz CT molecular complexity index is 800. The van der Waals surface area contributed by atoms with Gasteiger partial charge in [0.05, 0.1) is 18.1 Å². The molecule has 3 aliphatic rings. The number of aliphatic hydroxyl groups excluding tert-OH is 1. The van der Waals surface area contributed by atoms with E-state index >= 15 is 0 Å². The van der Waals surface area contributed by atoms with Crippen molar-refractivity contribution in [2.45, 2.75) is 76.2 Å². The van der Waals surface area contributed by atoms with Crippen LogP contribution in [-0.4, -0.2) is 82.3 Å². The number of aliphatic hydroxyl groups is 1. The highest BCUT2D eigenvalue weighted by molar-refractivity contribution is 5.98. The Balaban J connectivity index is 2.07. The van der Waals surface area contributed by atoms with Crippen molar-refractivity contribution >= 4 is 17.8 Å². The standard InChI is InChI=1S/C25H38N2O6/c1-6-10-17(5)26(13-7-2)22(30)20-25-12-11-24(9-4,33-25)19(23(31)32-16-8-3)18(25)21(29)27(20)14-15-28/h7-8,17-20,28H,2-3,6,9-16H2,1,4-5H3/t17?,18-,19-,20?,24+,25?/m0/s1. The van der Waals surface area contributed by atoms with Crippen molar-refractivity contribution in [3.05, 3.63) is 25.3 Å². The van der Waals surface area contributed by atoms with Crippen molar-refractivity contribution in [1.29, 1.82) is 0 Å². The van der Waals surface area contributed by atoms with Crippen LogP contribution in [0, 0.1) is 11.8 Å². The van der Waals surface area contributed by atoms with E-state index in [9.17, 15) is 19.5 Å². The molecule has 6 atom stereocenters. The number of likely N-dealkylation sites (tertiary alicyclic amines) is 1. The molecule has 33 heavy (non-hydrogen) atoms. The van der Waals surface area contributed by atoms with Gasteiger partial charge in [0.1, 0.15) is 24.2 Å². The van der Waals surface area contributed by atoms with E-state index in [4.69, 9.17) is 9.47 Å². The predicted octanol–water partition coefficient (Wildman–Crippen LogP) is 2.07. The van der Waals surface area contributed by atoms with Gasteiger partial charge in [-0.1, -0.05) is 39.0 Å². The summed E-state index contributed by atoms with van der Waals surface area (Å²) in [5.41, 5.74) is -1.94. The van der Waals surface area contributed by atoms with Crippen LogP contribution >= 0.6 is 0 Å². The van der Waals surface area contributed by atoms with E-state index < -0.39 is 35.0 Å². The molecule has 0 aromatic heterocycles. The number of hydrogen-bond donors (Lipinski definition) is 1. The van der Waals surface area contributed by atoms with Gasteiger partial charge in [0, 0.05) is 19.1 Å². The van der Waals surface area contributed by atoms with Gasteiger partial charge in [-0.3, -0.25) is 14.4 Å². The summed E-state index contributed by atoms with van der Waals surface area (Å²) in [5, 5.41) is 9.72. The van der Waals surface area contributed by atoms with Crippen LogP contribution in [0.1, 0.15) is 52.9 Å². The number of amides is 2. The van der Waals surface area contributed by atoms with Gasteiger partial charge < -0.3 is 24.4 Å². The van der Waals surface area contributed by atoms with E-state index in [0.717, 1.165) is 12.8 Å². The maximum Gasteiger partial charge on any atom is 0.313 e. The minimum atomic E-state index is -1.11. The molecule has 3 heterocycles. The summed E-state index contributed by atoms with van der Waals surface area (Å²) in [6.45, 7) is 13.5. The molecule has 0 aliphatic carbocycles. The van der Waals surface area contributed by atoms with Gasteiger partial charge >= 0.3 is 5.97 Å². The van der Waals surface area contributed by atoms with E-state index in [2.05, 4.69) is 20.1 Å². The second-order valence-corrected chi connectivity index (χ2v) is 9.42. The minimum Gasteiger partial charge on any atom is -0.461 e. The van der Waals surface area contributed by atoms with Crippen molar-refractivity contribution in [3.63, 3.8) is 0 Å². The number of nitrogens with zero attached hydrogens (tertiary/aromatic N) is 2. The summed E-state index contributed by atoms with van der Waals surface area (Å²) < 4.78 is 12.0. The number of carbonyl (C=O) groups excluding carboxylic acids is 3. The fourth-order valence-corrected chi connectivity index (χ4v) is 6.29. The lowest BCUT2D eigenvalue weighted by molar-refractivity contribution is -0.161. The zero-order valence-corrected chi connectivity index (χ0v) is 20.1. The first-order valence-electron chi connectivity index (χ1n) is 12.1. The quantitative estimate of drug-likeness (QED) is 0.352. The van der Waals surface area contributed by atoms with Crippen molar-refractivity contribution < 1.29 is 29.0 Å². The van der Waals surface area contributed by atoms with E-state index in [1.807, 2.05) is 13.8 Å². The van der Waals surface area contributed by atoms with Crippen molar-refractivity contribution in [2.24, 2.45) is 11.8 Å². The smallest absolute Gasteiger partial charge is 0.313 e. The highest BCUT2D eigenvalue weighted by Gasteiger charge is 2.79. The second kappa shape index (κ2) is 9.97. The molecule has 184 valence electrons. The Morgan fingerprint density at radius 2 is 2.06 bits per heavy atom. The summed E-state index contributed by atoms with van der Waals surface area (Å²) in [6.07, 6.45) is 6.51. The van der Waals surface area contributed by atoms with Crippen LogP contribution in [0.25, 0.3) is 0 Å². The molecular formula is C25H38N2O6. The molecule has 1 N–H and O–H groups in total. The average molecular weight is 463 g/mol. The molecule has 3 saturated heterocycles. The lowest BCUT2D eigenvalue weighted by atomic mass is 9.65. The van der Waals surface area contributed by atoms with Gasteiger partial charge in [-0.05, 0) is 32.6 Å². The molecule has 2 amide bonds. The summed E-state index contributed by atoms with van der Waals surface area (Å²) >= 11 is 0. The highest BCUT2D eigenvalue weighted by Crippen LogP contribution is 2.64. The summed E-state index contributed by atoms with van der Waals surface area (Å²) in [7, 11) is 0. The van der Waals surface area contributed by atoms with Crippen LogP contribution in [0.15, 0.2) is 25.3 Å². The molecule has 8 nitrogen and oxygen atoms in total. The largest absolute Gasteiger partial charge is 0.461 e. The molecule has 3 fully saturated rings. The number of β-amino-alcohol motifs (C(OH)–C–C–N with tert-alkyl or cyclic N) is 1. The van der Waals surface area contributed by atoms with E-state index in [0.29, 0.717) is 25.8 Å². The van der Waals surface area contributed by atoms with E-state index in [-0.39, 0.29) is 37.6 Å². The third-order valence-corrected chi connectivity index (χ3v) is 7.70. The second-order valence-electron chi connectivity index (χ2n) is 9.42. The monoisotopic (exact) mass is 462 g/mol.